The molecule has 2 aromatic rings. The van der Waals surface area contributed by atoms with Crippen molar-refractivity contribution in [3.8, 4) is 0 Å². The van der Waals surface area contributed by atoms with Gasteiger partial charge in [0.25, 0.3) is 0 Å². The summed E-state index contributed by atoms with van der Waals surface area (Å²) in [6.45, 7) is 1.86. The highest BCUT2D eigenvalue weighted by molar-refractivity contribution is 6.30. The summed E-state index contributed by atoms with van der Waals surface area (Å²) in [5.74, 6) is -0.465. The summed E-state index contributed by atoms with van der Waals surface area (Å²) in [6.07, 6.45) is 2.29. The fourth-order valence-corrected chi connectivity index (χ4v) is 1.91. The molecular formula is C13H11ClFNO. The number of aliphatic hydroxyl groups is 1. The Morgan fingerprint density at radius 1 is 1.35 bits per heavy atom. The minimum atomic E-state index is -0.920. The van der Waals surface area contributed by atoms with Crippen molar-refractivity contribution in [2.75, 3.05) is 0 Å². The maximum Gasteiger partial charge on any atom is 0.125 e. The Morgan fingerprint density at radius 3 is 2.76 bits per heavy atom. The van der Waals surface area contributed by atoms with Crippen molar-refractivity contribution in [3.63, 3.8) is 0 Å². The number of rotatable bonds is 2. The number of nitrogens with zero attached hydrogens (tertiary/aromatic N) is 1. The molecule has 0 aliphatic heterocycles. The number of pyridine rings is 1. The van der Waals surface area contributed by atoms with Crippen LogP contribution in [0.5, 0.6) is 0 Å². The SMILES string of the molecule is Cc1ccncc1C(O)c1cc(F)cc(Cl)c1. The summed E-state index contributed by atoms with van der Waals surface area (Å²) in [5.41, 5.74) is 1.97. The average molecular weight is 252 g/mol. The van der Waals surface area contributed by atoms with Gasteiger partial charge in [0.2, 0.25) is 0 Å². The number of hydrogen-bond acceptors (Lipinski definition) is 2. The Labute approximate surface area is 104 Å². The Bertz CT molecular complexity index is 524. The van der Waals surface area contributed by atoms with Gasteiger partial charge in [-0.2, -0.15) is 0 Å². The zero-order valence-corrected chi connectivity index (χ0v) is 9.95. The molecule has 4 heteroatoms. The lowest BCUT2D eigenvalue weighted by atomic mass is 9.99. The summed E-state index contributed by atoms with van der Waals surface area (Å²) in [4.78, 5) is 3.95. The fraction of sp³-hybridized carbons (Fsp3) is 0.154. The van der Waals surface area contributed by atoms with E-state index in [1.165, 1.54) is 12.1 Å². The molecule has 17 heavy (non-hydrogen) atoms. The van der Waals surface area contributed by atoms with Crippen molar-refractivity contribution in [1.29, 1.82) is 0 Å². The van der Waals surface area contributed by atoms with Crippen LogP contribution in [0.25, 0.3) is 0 Å². The lowest BCUT2D eigenvalue weighted by Gasteiger charge is -2.13. The molecule has 0 saturated heterocycles. The highest BCUT2D eigenvalue weighted by Crippen LogP contribution is 2.26. The molecule has 2 nitrogen and oxygen atoms in total. The molecule has 0 radical (unpaired) electrons. The molecule has 1 N–H and O–H groups in total. The van der Waals surface area contributed by atoms with Gasteiger partial charge < -0.3 is 5.11 Å². The van der Waals surface area contributed by atoms with Crippen molar-refractivity contribution in [2.45, 2.75) is 13.0 Å². The normalized spacial score (nSPS) is 12.5. The monoisotopic (exact) mass is 251 g/mol. The van der Waals surface area contributed by atoms with Crippen molar-refractivity contribution >= 4 is 11.6 Å². The lowest BCUT2D eigenvalue weighted by Crippen LogP contribution is -2.03. The largest absolute Gasteiger partial charge is 0.384 e. The van der Waals surface area contributed by atoms with Crippen LogP contribution in [0.4, 0.5) is 4.39 Å². The standard InChI is InChI=1S/C13H11ClFNO/c1-8-2-3-16-7-12(8)13(17)9-4-10(14)6-11(15)5-9/h2-7,13,17H,1H3. The van der Waals surface area contributed by atoms with Crippen LogP contribution in [0.3, 0.4) is 0 Å². The van der Waals surface area contributed by atoms with Gasteiger partial charge in [-0.3, -0.25) is 4.98 Å². The van der Waals surface area contributed by atoms with Gasteiger partial charge in [-0.15, -0.1) is 0 Å². The number of hydrogen-bond donors (Lipinski definition) is 1. The molecule has 1 atom stereocenters. The Morgan fingerprint density at radius 2 is 2.12 bits per heavy atom. The molecule has 0 spiro atoms. The van der Waals surface area contributed by atoms with Gasteiger partial charge in [-0.25, -0.2) is 4.39 Å². The molecular weight excluding hydrogens is 241 g/mol. The van der Waals surface area contributed by atoms with Crippen LogP contribution >= 0.6 is 11.6 Å². The van der Waals surface area contributed by atoms with Gasteiger partial charge in [0, 0.05) is 23.0 Å². The second kappa shape index (κ2) is 4.82. The van der Waals surface area contributed by atoms with Crippen LogP contribution in [-0.2, 0) is 0 Å². The van der Waals surface area contributed by atoms with E-state index < -0.39 is 11.9 Å². The van der Waals surface area contributed by atoms with Gasteiger partial charge in [0.05, 0.1) is 0 Å². The third kappa shape index (κ3) is 2.62. The molecule has 1 aromatic heterocycles. The van der Waals surface area contributed by atoms with E-state index in [9.17, 15) is 9.50 Å². The quantitative estimate of drug-likeness (QED) is 0.889. The van der Waals surface area contributed by atoms with Gasteiger partial charge in [-0.05, 0) is 42.3 Å². The first kappa shape index (κ1) is 12.0. The zero-order chi connectivity index (χ0) is 12.4. The van der Waals surface area contributed by atoms with Crippen molar-refractivity contribution in [3.05, 3.63) is 64.2 Å². The first-order chi connectivity index (χ1) is 8.08. The lowest BCUT2D eigenvalue weighted by molar-refractivity contribution is 0.218. The van der Waals surface area contributed by atoms with Gasteiger partial charge in [-0.1, -0.05) is 11.6 Å². The Hall–Kier alpha value is -1.45. The third-order valence-electron chi connectivity index (χ3n) is 2.57. The van der Waals surface area contributed by atoms with Crippen LogP contribution in [-0.4, -0.2) is 10.1 Å². The summed E-state index contributed by atoms with van der Waals surface area (Å²) in [7, 11) is 0. The molecule has 2 rings (SSSR count). The van der Waals surface area contributed by atoms with Crippen LogP contribution in [0.2, 0.25) is 5.02 Å². The van der Waals surface area contributed by atoms with Crippen molar-refractivity contribution in [1.82, 2.24) is 4.98 Å². The Kier molecular flexibility index (Phi) is 3.41. The summed E-state index contributed by atoms with van der Waals surface area (Å²) >= 11 is 5.75. The smallest absolute Gasteiger partial charge is 0.125 e. The minimum absolute atomic E-state index is 0.264. The molecule has 0 amide bonds. The second-order valence-corrected chi connectivity index (χ2v) is 4.27. The summed E-state index contributed by atoms with van der Waals surface area (Å²) in [5, 5.41) is 10.4. The highest BCUT2D eigenvalue weighted by Gasteiger charge is 2.14. The van der Waals surface area contributed by atoms with Crippen molar-refractivity contribution < 1.29 is 9.50 Å². The summed E-state index contributed by atoms with van der Waals surface area (Å²) < 4.78 is 13.2. The third-order valence-corrected chi connectivity index (χ3v) is 2.79. The van der Waals surface area contributed by atoms with Crippen LogP contribution in [0.15, 0.2) is 36.7 Å². The first-order valence-corrected chi connectivity index (χ1v) is 5.50. The molecule has 1 aromatic carbocycles. The average Bonchev–Trinajstić information content (AvgIpc) is 2.27. The number of halogens is 2. The van der Waals surface area contributed by atoms with E-state index in [1.54, 1.807) is 24.5 Å². The van der Waals surface area contributed by atoms with E-state index in [0.717, 1.165) is 5.56 Å². The number of aryl methyl sites for hydroxylation is 1. The van der Waals surface area contributed by atoms with Gasteiger partial charge in [0.1, 0.15) is 11.9 Å². The molecule has 0 aliphatic carbocycles. The number of aromatic nitrogens is 1. The minimum Gasteiger partial charge on any atom is -0.384 e. The predicted octanol–water partition coefficient (Wildman–Crippen LogP) is 3.26. The molecule has 1 unspecified atom stereocenters. The van der Waals surface area contributed by atoms with Gasteiger partial charge >= 0.3 is 0 Å². The molecule has 0 saturated carbocycles. The molecule has 1 heterocycles. The van der Waals surface area contributed by atoms with Crippen LogP contribution in [0.1, 0.15) is 22.8 Å². The molecule has 88 valence electrons. The topological polar surface area (TPSA) is 33.1 Å². The molecule has 0 fully saturated rings. The summed E-state index contributed by atoms with van der Waals surface area (Å²) in [6, 6.07) is 5.80. The van der Waals surface area contributed by atoms with Crippen LogP contribution < -0.4 is 0 Å². The van der Waals surface area contributed by atoms with Gasteiger partial charge in [0.15, 0.2) is 0 Å². The zero-order valence-electron chi connectivity index (χ0n) is 9.19. The number of aliphatic hydroxyl groups excluding tert-OH is 1. The molecule has 0 bridgehead atoms. The van der Waals surface area contributed by atoms with E-state index in [0.29, 0.717) is 11.1 Å². The predicted molar refractivity (Wildman–Crippen MR) is 64.4 cm³/mol. The Balaban J connectivity index is 2.43. The van der Waals surface area contributed by atoms with E-state index in [4.69, 9.17) is 11.6 Å². The number of benzene rings is 1. The van der Waals surface area contributed by atoms with E-state index in [-0.39, 0.29) is 5.02 Å². The maximum atomic E-state index is 13.2. The second-order valence-electron chi connectivity index (χ2n) is 3.84. The van der Waals surface area contributed by atoms with Crippen molar-refractivity contribution in [2.24, 2.45) is 0 Å². The van der Waals surface area contributed by atoms with E-state index in [1.807, 2.05) is 6.92 Å². The molecule has 0 aliphatic rings. The first-order valence-electron chi connectivity index (χ1n) is 5.12. The van der Waals surface area contributed by atoms with Crippen LogP contribution in [0, 0.1) is 12.7 Å². The highest BCUT2D eigenvalue weighted by atomic mass is 35.5. The van der Waals surface area contributed by atoms with E-state index in [2.05, 4.69) is 4.98 Å². The fourth-order valence-electron chi connectivity index (χ4n) is 1.68. The maximum absolute atomic E-state index is 13.2. The van der Waals surface area contributed by atoms with E-state index >= 15 is 0 Å².